The van der Waals surface area contributed by atoms with Crippen molar-refractivity contribution in [2.24, 2.45) is 0 Å². The Morgan fingerprint density at radius 1 is 0.967 bits per heavy atom. The zero-order valence-corrected chi connectivity index (χ0v) is 18.4. The third kappa shape index (κ3) is 4.97. The molecule has 1 aliphatic heterocycles. The minimum absolute atomic E-state index is 0.484. The van der Waals surface area contributed by atoms with E-state index in [1.807, 2.05) is 30.3 Å². The Kier molecular flexibility index (Phi) is 6.61. The third-order valence-electron chi connectivity index (χ3n) is 5.64. The molecule has 156 valence electrons. The molecule has 30 heavy (non-hydrogen) atoms. The van der Waals surface area contributed by atoms with E-state index in [9.17, 15) is 0 Å². The van der Waals surface area contributed by atoms with Crippen LogP contribution in [0.2, 0.25) is 5.02 Å². The van der Waals surface area contributed by atoms with Crippen molar-refractivity contribution in [3.8, 4) is 11.5 Å². The molecule has 0 aliphatic carbocycles. The lowest BCUT2D eigenvalue weighted by Gasteiger charge is -2.16. The van der Waals surface area contributed by atoms with Crippen LogP contribution in [0.3, 0.4) is 0 Å². The second-order valence-electron chi connectivity index (χ2n) is 8.14. The summed E-state index contributed by atoms with van der Waals surface area (Å²) in [4.78, 5) is 0. The van der Waals surface area contributed by atoms with Crippen LogP contribution in [0.4, 0.5) is 5.69 Å². The van der Waals surface area contributed by atoms with Crippen LogP contribution in [0.15, 0.2) is 60.7 Å². The van der Waals surface area contributed by atoms with E-state index >= 15 is 0 Å². The van der Waals surface area contributed by atoms with Crippen molar-refractivity contribution in [1.29, 1.82) is 0 Å². The topological polar surface area (TPSA) is 33.3 Å². The van der Waals surface area contributed by atoms with Gasteiger partial charge in [0.15, 0.2) is 0 Å². The van der Waals surface area contributed by atoms with Crippen molar-refractivity contribution in [3.63, 3.8) is 0 Å². The van der Waals surface area contributed by atoms with E-state index in [0.717, 1.165) is 54.7 Å². The van der Waals surface area contributed by atoms with E-state index in [4.69, 9.17) is 16.3 Å². The molecule has 3 nitrogen and oxygen atoms in total. The van der Waals surface area contributed by atoms with Gasteiger partial charge in [0.05, 0.1) is 10.7 Å². The SMILES string of the molecule is CC(C)c1cccc(Oc2ccc(CNc3c(Cl)ccc4c3CCNCC4)cc2)c1. The highest BCUT2D eigenvalue weighted by Crippen LogP contribution is 2.31. The molecule has 0 atom stereocenters. The molecule has 0 radical (unpaired) electrons. The lowest BCUT2D eigenvalue weighted by atomic mass is 10.0. The number of fused-ring (bicyclic) bond motifs is 1. The van der Waals surface area contributed by atoms with Crippen LogP contribution in [0.25, 0.3) is 0 Å². The predicted molar refractivity (Wildman–Crippen MR) is 126 cm³/mol. The summed E-state index contributed by atoms with van der Waals surface area (Å²) >= 11 is 6.53. The minimum Gasteiger partial charge on any atom is -0.457 e. The first-order chi connectivity index (χ1) is 14.6. The smallest absolute Gasteiger partial charge is 0.127 e. The molecule has 0 amide bonds. The number of hydrogen-bond acceptors (Lipinski definition) is 3. The van der Waals surface area contributed by atoms with Crippen LogP contribution >= 0.6 is 11.6 Å². The number of hydrogen-bond donors (Lipinski definition) is 2. The Bertz CT molecular complexity index is 998. The van der Waals surface area contributed by atoms with Gasteiger partial charge in [-0.3, -0.25) is 0 Å². The average Bonchev–Trinajstić information content (AvgIpc) is 3.00. The molecule has 0 aromatic heterocycles. The maximum absolute atomic E-state index is 6.53. The molecule has 0 saturated heterocycles. The van der Waals surface area contributed by atoms with Gasteiger partial charge in [0.1, 0.15) is 11.5 Å². The Morgan fingerprint density at radius 3 is 2.57 bits per heavy atom. The van der Waals surface area contributed by atoms with Crippen LogP contribution in [0.5, 0.6) is 11.5 Å². The maximum atomic E-state index is 6.53. The lowest BCUT2D eigenvalue weighted by molar-refractivity contribution is 0.481. The number of nitrogens with one attached hydrogen (secondary N) is 2. The summed E-state index contributed by atoms with van der Waals surface area (Å²) in [7, 11) is 0. The van der Waals surface area contributed by atoms with Crippen molar-refractivity contribution in [2.45, 2.75) is 39.2 Å². The summed E-state index contributed by atoms with van der Waals surface area (Å²) in [6, 6.07) is 20.7. The predicted octanol–water partition coefficient (Wildman–Crippen LogP) is 6.56. The van der Waals surface area contributed by atoms with Crippen molar-refractivity contribution >= 4 is 17.3 Å². The van der Waals surface area contributed by atoms with Crippen LogP contribution in [-0.2, 0) is 19.4 Å². The van der Waals surface area contributed by atoms with E-state index < -0.39 is 0 Å². The molecule has 1 heterocycles. The Morgan fingerprint density at radius 2 is 1.77 bits per heavy atom. The number of ether oxygens (including phenoxy) is 1. The van der Waals surface area contributed by atoms with Crippen molar-refractivity contribution < 1.29 is 4.74 Å². The minimum atomic E-state index is 0.484. The van der Waals surface area contributed by atoms with Crippen LogP contribution < -0.4 is 15.4 Å². The molecule has 4 heteroatoms. The van der Waals surface area contributed by atoms with Gasteiger partial charge in [-0.1, -0.05) is 55.8 Å². The van der Waals surface area contributed by atoms with Gasteiger partial charge in [0, 0.05) is 6.54 Å². The largest absolute Gasteiger partial charge is 0.457 e. The van der Waals surface area contributed by atoms with E-state index in [1.54, 1.807) is 0 Å². The summed E-state index contributed by atoms with van der Waals surface area (Å²) in [5.74, 6) is 2.20. The standard InChI is InChI=1S/C26H29ClN2O/c1-18(2)21-4-3-5-23(16-21)30-22-9-6-19(7-10-22)17-29-26-24-13-15-28-14-12-20(24)8-11-25(26)27/h3-11,16,18,28-29H,12-15,17H2,1-2H3. The number of anilines is 1. The molecular formula is C26H29ClN2O. The van der Waals surface area contributed by atoms with E-state index in [2.05, 4.69) is 54.8 Å². The summed E-state index contributed by atoms with van der Waals surface area (Å²) in [6.07, 6.45) is 2.05. The van der Waals surface area contributed by atoms with Gasteiger partial charge in [0.2, 0.25) is 0 Å². The third-order valence-corrected chi connectivity index (χ3v) is 5.95. The zero-order valence-electron chi connectivity index (χ0n) is 17.7. The Hall–Kier alpha value is -2.49. The second-order valence-corrected chi connectivity index (χ2v) is 8.54. The molecule has 2 N–H and O–H groups in total. The molecule has 3 aromatic carbocycles. The second kappa shape index (κ2) is 9.55. The molecule has 0 bridgehead atoms. The van der Waals surface area contributed by atoms with Gasteiger partial charge in [-0.25, -0.2) is 0 Å². The summed E-state index contributed by atoms with van der Waals surface area (Å²) < 4.78 is 6.05. The average molecular weight is 421 g/mol. The summed E-state index contributed by atoms with van der Waals surface area (Å²) in [5, 5.41) is 7.83. The quantitative estimate of drug-likeness (QED) is 0.474. The van der Waals surface area contributed by atoms with Crippen LogP contribution in [0, 0.1) is 0 Å². The first-order valence-corrected chi connectivity index (χ1v) is 11.1. The van der Waals surface area contributed by atoms with Crippen molar-refractivity contribution in [2.75, 3.05) is 18.4 Å². The normalized spacial score (nSPS) is 13.6. The number of halogens is 1. The molecular weight excluding hydrogens is 392 g/mol. The van der Waals surface area contributed by atoms with E-state index in [1.165, 1.54) is 22.3 Å². The maximum Gasteiger partial charge on any atom is 0.127 e. The Labute approximate surface area is 184 Å². The molecule has 0 unspecified atom stereocenters. The van der Waals surface area contributed by atoms with Gasteiger partial charge in [-0.15, -0.1) is 0 Å². The van der Waals surface area contributed by atoms with Gasteiger partial charge in [0.25, 0.3) is 0 Å². The fourth-order valence-electron chi connectivity index (χ4n) is 3.87. The molecule has 0 fully saturated rings. The van der Waals surface area contributed by atoms with Gasteiger partial charge >= 0.3 is 0 Å². The molecule has 3 aromatic rings. The first-order valence-electron chi connectivity index (χ1n) is 10.7. The van der Waals surface area contributed by atoms with Crippen molar-refractivity contribution in [1.82, 2.24) is 5.32 Å². The molecule has 1 aliphatic rings. The van der Waals surface area contributed by atoms with E-state index in [-0.39, 0.29) is 0 Å². The number of benzene rings is 3. The van der Waals surface area contributed by atoms with Gasteiger partial charge < -0.3 is 15.4 Å². The number of rotatable bonds is 6. The molecule has 0 saturated carbocycles. The first kappa shape index (κ1) is 20.8. The monoisotopic (exact) mass is 420 g/mol. The molecule has 4 rings (SSSR count). The van der Waals surface area contributed by atoms with E-state index in [0.29, 0.717) is 5.92 Å². The van der Waals surface area contributed by atoms with Crippen LogP contribution in [-0.4, -0.2) is 13.1 Å². The molecule has 0 spiro atoms. The highest BCUT2D eigenvalue weighted by atomic mass is 35.5. The Balaban J connectivity index is 1.43. The highest BCUT2D eigenvalue weighted by Gasteiger charge is 2.14. The van der Waals surface area contributed by atoms with Gasteiger partial charge in [-0.2, -0.15) is 0 Å². The van der Waals surface area contributed by atoms with Crippen molar-refractivity contribution in [3.05, 3.63) is 87.9 Å². The highest BCUT2D eigenvalue weighted by molar-refractivity contribution is 6.33. The lowest BCUT2D eigenvalue weighted by Crippen LogP contribution is -2.16. The zero-order chi connectivity index (χ0) is 20.9. The summed E-state index contributed by atoms with van der Waals surface area (Å²) in [5.41, 5.74) is 6.28. The van der Waals surface area contributed by atoms with Crippen LogP contribution in [0.1, 0.15) is 42.0 Å². The fraction of sp³-hybridized carbons (Fsp3) is 0.308. The fourth-order valence-corrected chi connectivity index (χ4v) is 4.12. The van der Waals surface area contributed by atoms with Gasteiger partial charge in [-0.05, 0) is 84.4 Å². The summed E-state index contributed by atoms with van der Waals surface area (Å²) in [6.45, 7) is 7.12.